The van der Waals surface area contributed by atoms with E-state index in [0.29, 0.717) is 25.2 Å². The highest BCUT2D eigenvalue weighted by Gasteiger charge is 2.22. The Morgan fingerprint density at radius 1 is 0.905 bits per heavy atom. The van der Waals surface area contributed by atoms with Crippen LogP contribution in [0.3, 0.4) is 0 Å². The Labute approximate surface area is 126 Å². The van der Waals surface area contributed by atoms with Gasteiger partial charge >= 0.3 is 0 Å². The summed E-state index contributed by atoms with van der Waals surface area (Å²) in [5.41, 5.74) is 16.9. The lowest BCUT2D eigenvalue weighted by Crippen LogP contribution is -2.18. The van der Waals surface area contributed by atoms with E-state index in [1.54, 1.807) is 0 Å². The topological polar surface area (TPSA) is 75.9 Å². The van der Waals surface area contributed by atoms with Crippen molar-refractivity contribution < 1.29 is 0 Å². The zero-order chi connectivity index (χ0) is 15.2. The molecule has 0 saturated carbocycles. The van der Waals surface area contributed by atoms with Crippen molar-refractivity contribution >= 4 is 5.71 Å². The highest BCUT2D eigenvalue weighted by atomic mass is 14.5. The summed E-state index contributed by atoms with van der Waals surface area (Å²) in [5, 5.41) is 8.43. The lowest BCUT2D eigenvalue weighted by Gasteiger charge is -2.23. The Bertz CT molecular complexity index is 572. The molecule has 0 saturated heterocycles. The van der Waals surface area contributed by atoms with Gasteiger partial charge < -0.3 is 16.9 Å². The number of rotatable bonds is 6. The molecule has 0 bridgehead atoms. The summed E-state index contributed by atoms with van der Waals surface area (Å²) < 4.78 is 0. The first kappa shape index (κ1) is 15.4. The van der Waals surface area contributed by atoms with Crippen LogP contribution in [0, 0.1) is 5.41 Å². The summed E-state index contributed by atoms with van der Waals surface area (Å²) in [6.45, 7) is 2.98. The summed E-state index contributed by atoms with van der Waals surface area (Å²) in [4.78, 5) is 0. The van der Waals surface area contributed by atoms with E-state index in [1.165, 1.54) is 0 Å². The van der Waals surface area contributed by atoms with Gasteiger partial charge in [-0.15, -0.1) is 0 Å². The average Bonchev–Trinajstić information content (AvgIpc) is 2.55. The monoisotopic (exact) mass is 281 g/mol. The number of benzene rings is 2. The maximum atomic E-state index is 8.43. The lowest BCUT2D eigenvalue weighted by molar-refractivity contribution is 0.925. The Balaban J connectivity index is 2.61. The van der Waals surface area contributed by atoms with Crippen molar-refractivity contribution in [2.45, 2.75) is 32.4 Å². The molecule has 0 radical (unpaired) electrons. The smallest absolute Gasteiger partial charge is 0.0472 e. The van der Waals surface area contributed by atoms with Gasteiger partial charge in [0.05, 0.1) is 0 Å². The molecule has 0 unspecified atom stereocenters. The van der Waals surface area contributed by atoms with Gasteiger partial charge in [0.1, 0.15) is 0 Å². The minimum absolute atomic E-state index is 0.0606. The van der Waals surface area contributed by atoms with Crippen molar-refractivity contribution in [3.05, 3.63) is 70.8 Å². The molecule has 110 valence electrons. The molecule has 3 heteroatoms. The van der Waals surface area contributed by atoms with Gasteiger partial charge in [-0.05, 0) is 28.7 Å². The Hall–Kier alpha value is -1.97. The molecule has 2 rings (SSSR count). The van der Waals surface area contributed by atoms with Crippen LogP contribution in [0.25, 0.3) is 0 Å². The quantitative estimate of drug-likeness (QED) is 0.711. The van der Waals surface area contributed by atoms with E-state index in [9.17, 15) is 0 Å². The van der Waals surface area contributed by atoms with Crippen molar-refractivity contribution in [3.8, 4) is 0 Å². The first-order chi connectivity index (χ1) is 10.2. The molecule has 2 aromatic carbocycles. The van der Waals surface area contributed by atoms with Crippen molar-refractivity contribution in [1.29, 1.82) is 5.41 Å². The normalized spacial score (nSPS) is 10.9. The van der Waals surface area contributed by atoms with Crippen LogP contribution in [0.2, 0.25) is 0 Å². The maximum Gasteiger partial charge on any atom is 0.0472 e. The molecule has 0 aliphatic heterocycles. The summed E-state index contributed by atoms with van der Waals surface area (Å²) in [7, 11) is 0. The van der Waals surface area contributed by atoms with Gasteiger partial charge in [0.2, 0.25) is 0 Å². The van der Waals surface area contributed by atoms with Gasteiger partial charge in [-0.1, -0.05) is 55.5 Å². The third-order valence-electron chi connectivity index (χ3n) is 3.90. The fourth-order valence-corrected chi connectivity index (χ4v) is 2.75. The van der Waals surface area contributed by atoms with E-state index in [2.05, 4.69) is 12.1 Å². The second-order valence-corrected chi connectivity index (χ2v) is 5.12. The van der Waals surface area contributed by atoms with E-state index >= 15 is 0 Å². The second-order valence-electron chi connectivity index (χ2n) is 5.12. The van der Waals surface area contributed by atoms with Crippen LogP contribution in [-0.2, 0) is 13.1 Å². The van der Waals surface area contributed by atoms with Crippen molar-refractivity contribution in [2.75, 3.05) is 0 Å². The minimum atomic E-state index is -0.0606. The number of hydrogen-bond donors (Lipinski definition) is 3. The molecular weight excluding hydrogens is 258 g/mol. The van der Waals surface area contributed by atoms with Gasteiger partial charge in [0, 0.05) is 24.7 Å². The average molecular weight is 281 g/mol. The molecule has 0 heterocycles. The molecule has 0 aliphatic rings. The Kier molecular flexibility index (Phi) is 5.26. The van der Waals surface area contributed by atoms with Gasteiger partial charge in [-0.3, -0.25) is 0 Å². The fraction of sp³-hybridized carbons (Fsp3) is 0.278. The second kappa shape index (κ2) is 7.16. The van der Waals surface area contributed by atoms with E-state index in [1.807, 2.05) is 43.3 Å². The minimum Gasteiger partial charge on any atom is -0.326 e. The van der Waals surface area contributed by atoms with Crippen LogP contribution in [0.4, 0.5) is 0 Å². The molecule has 21 heavy (non-hydrogen) atoms. The lowest BCUT2D eigenvalue weighted by atomic mass is 9.81. The predicted molar refractivity (Wildman–Crippen MR) is 88.5 cm³/mol. The Morgan fingerprint density at radius 2 is 1.33 bits per heavy atom. The molecule has 0 spiro atoms. The van der Waals surface area contributed by atoms with Crippen LogP contribution >= 0.6 is 0 Å². The third kappa shape index (κ3) is 3.20. The first-order valence-corrected chi connectivity index (χ1v) is 7.35. The molecule has 0 aromatic heterocycles. The zero-order valence-corrected chi connectivity index (χ0v) is 12.5. The highest BCUT2D eigenvalue weighted by molar-refractivity contribution is 5.91. The Morgan fingerprint density at radius 3 is 1.71 bits per heavy atom. The van der Waals surface area contributed by atoms with Gasteiger partial charge in [0.25, 0.3) is 0 Å². The van der Waals surface area contributed by atoms with Gasteiger partial charge in [0.15, 0.2) is 0 Å². The van der Waals surface area contributed by atoms with Gasteiger partial charge in [-0.2, -0.15) is 0 Å². The molecule has 3 nitrogen and oxygen atoms in total. The van der Waals surface area contributed by atoms with Crippen LogP contribution in [0.5, 0.6) is 0 Å². The first-order valence-electron chi connectivity index (χ1n) is 7.35. The van der Waals surface area contributed by atoms with Crippen LogP contribution in [0.15, 0.2) is 48.5 Å². The third-order valence-corrected chi connectivity index (χ3v) is 3.90. The van der Waals surface area contributed by atoms with Crippen molar-refractivity contribution in [2.24, 2.45) is 11.5 Å². The highest BCUT2D eigenvalue weighted by Crippen LogP contribution is 2.31. The van der Waals surface area contributed by atoms with Crippen LogP contribution < -0.4 is 11.5 Å². The zero-order valence-electron chi connectivity index (χ0n) is 12.5. The maximum absolute atomic E-state index is 8.43. The van der Waals surface area contributed by atoms with Crippen molar-refractivity contribution in [3.63, 3.8) is 0 Å². The standard InChI is InChI=1S/C18H23N3/c1-2-17(21)18(15-9-5-3-7-13(15)11-19)16-10-6-4-8-14(16)12-20/h3-10,18,21H,2,11-12,19-20H2,1H3. The number of nitrogens with two attached hydrogens (primary N) is 2. The summed E-state index contributed by atoms with van der Waals surface area (Å²) in [5.74, 6) is -0.0606. The molecular formula is C18H23N3. The molecule has 0 aliphatic carbocycles. The van der Waals surface area contributed by atoms with Gasteiger partial charge in [-0.25, -0.2) is 0 Å². The van der Waals surface area contributed by atoms with Crippen molar-refractivity contribution in [1.82, 2.24) is 0 Å². The number of nitrogens with one attached hydrogen (secondary N) is 1. The molecule has 2 aromatic rings. The van der Waals surface area contributed by atoms with E-state index in [0.717, 1.165) is 22.3 Å². The van der Waals surface area contributed by atoms with E-state index in [4.69, 9.17) is 16.9 Å². The predicted octanol–water partition coefficient (Wildman–Crippen LogP) is 3.17. The van der Waals surface area contributed by atoms with E-state index < -0.39 is 0 Å². The van der Waals surface area contributed by atoms with Crippen LogP contribution in [-0.4, -0.2) is 5.71 Å². The fourth-order valence-electron chi connectivity index (χ4n) is 2.75. The summed E-state index contributed by atoms with van der Waals surface area (Å²) in [6.07, 6.45) is 0.711. The summed E-state index contributed by atoms with van der Waals surface area (Å²) >= 11 is 0. The van der Waals surface area contributed by atoms with E-state index in [-0.39, 0.29) is 5.92 Å². The molecule has 0 amide bonds. The molecule has 5 N–H and O–H groups in total. The SMILES string of the molecule is CCC(=N)C(c1ccccc1CN)c1ccccc1CN. The molecule has 0 fully saturated rings. The summed E-state index contributed by atoms with van der Waals surface area (Å²) in [6, 6.07) is 16.2. The molecule has 0 atom stereocenters. The largest absolute Gasteiger partial charge is 0.326 e. The van der Waals surface area contributed by atoms with Crippen LogP contribution in [0.1, 0.15) is 41.5 Å². The number of hydrogen-bond acceptors (Lipinski definition) is 3.